The average molecular weight is 460 g/mol. The molecular weight excluding hydrogens is 435 g/mol. The summed E-state index contributed by atoms with van der Waals surface area (Å²) in [5.74, 6) is 0.628. The van der Waals surface area contributed by atoms with Gasteiger partial charge in [-0.15, -0.1) is 0 Å². The van der Waals surface area contributed by atoms with Crippen LogP contribution in [0, 0.1) is 11.3 Å². The SMILES string of the molecule is COCC1=CN2C(=Nc3cc([C@H]4OC[C@@H](OC(=O)NC(C)C)[C@H]4F)[nH]n3)NC(C#N)=CC2N1. The number of halogens is 1. The fourth-order valence-electron chi connectivity index (χ4n) is 3.61. The van der Waals surface area contributed by atoms with Crippen LogP contribution in [0.2, 0.25) is 0 Å². The summed E-state index contributed by atoms with van der Waals surface area (Å²) in [5, 5.41) is 24.9. The number of aliphatic imine (C=N–C) groups is 1. The van der Waals surface area contributed by atoms with Crippen LogP contribution in [0.15, 0.2) is 34.7 Å². The van der Waals surface area contributed by atoms with Crippen molar-refractivity contribution in [2.75, 3.05) is 20.3 Å². The molecule has 0 spiro atoms. The van der Waals surface area contributed by atoms with Gasteiger partial charge in [-0.1, -0.05) is 0 Å². The zero-order valence-corrected chi connectivity index (χ0v) is 18.3. The Bertz CT molecular complexity index is 1030. The second-order valence-electron chi connectivity index (χ2n) is 7.96. The third-order valence-electron chi connectivity index (χ3n) is 5.02. The van der Waals surface area contributed by atoms with Crippen LogP contribution in [0.4, 0.5) is 15.0 Å². The lowest BCUT2D eigenvalue weighted by Crippen LogP contribution is -2.48. The van der Waals surface area contributed by atoms with Gasteiger partial charge in [-0.3, -0.25) is 10.00 Å². The first-order chi connectivity index (χ1) is 15.9. The third kappa shape index (κ3) is 4.91. The second-order valence-corrected chi connectivity index (χ2v) is 7.96. The number of H-pyrrole nitrogens is 1. The highest BCUT2D eigenvalue weighted by molar-refractivity contribution is 5.87. The molecule has 3 aliphatic rings. The van der Waals surface area contributed by atoms with Gasteiger partial charge in [0.1, 0.15) is 24.0 Å². The quantitative estimate of drug-likeness (QED) is 0.488. The van der Waals surface area contributed by atoms with Crippen LogP contribution in [0.5, 0.6) is 0 Å². The molecule has 0 saturated carbocycles. The second kappa shape index (κ2) is 9.47. The number of aromatic amines is 1. The third-order valence-corrected chi connectivity index (χ3v) is 5.02. The number of rotatable bonds is 6. The van der Waals surface area contributed by atoms with Gasteiger partial charge in [0, 0.05) is 25.4 Å². The van der Waals surface area contributed by atoms with Crippen LogP contribution < -0.4 is 16.0 Å². The molecule has 13 heteroatoms. The van der Waals surface area contributed by atoms with E-state index in [2.05, 4.69) is 37.2 Å². The molecule has 4 atom stereocenters. The molecule has 1 aromatic heterocycles. The van der Waals surface area contributed by atoms with E-state index >= 15 is 0 Å². The number of ether oxygens (including phenoxy) is 3. The number of alkyl carbamates (subject to hydrolysis) is 1. The molecule has 12 nitrogen and oxygen atoms in total. The Morgan fingerprint density at radius 2 is 2.36 bits per heavy atom. The van der Waals surface area contributed by atoms with Crippen molar-refractivity contribution in [2.45, 2.75) is 44.4 Å². The molecule has 1 aromatic rings. The number of amides is 1. The molecule has 3 aliphatic heterocycles. The van der Waals surface area contributed by atoms with E-state index in [0.717, 1.165) is 5.70 Å². The summed E-state index contributed by atoms with van der Waals surface area (Å²) in [6.45, 7) is 3.85. The normalized spacial score (nSPS) is 27.4. The number of nitrogens with zero attached hydrogens (tertiary/aromatic N) is 4. The molecule has 0 aromatic carbocycles. The van der Waals surface area contributed by atoms with E-state index in [0.29, 0.717) is 24.0 Å². The molecule has 176 valence electrons. The summed E-state index contributed by atoms with van der Waals surface area (Å²) in [5.41, 5.74) is 1.51. The van der Waals surface area contributed by atoms with Crippen molar-refractivity contribution in [1.82, 2.24) is 31.0 Å². The maximum atomic E-state index is 14.9. The molecule has 0 radical (unpaired) electrons. The first kappa shape index (κ1) is 22.6. The van der Waals surface area contributed by atoms with Crippen molar-refractivity contribution in [3.8, 4) is 6.07 Å². The van der Waals surface area contributed by atoms with E-state index < -0.39 is 24.5 Å². The summed E-state index contributed by atoms with van der Waals surface area (Å²) < 4.78 is 30.7. The molecule has 0 bridgehead atoms. The Labute approximate surface area is 189 Å². The van der Waals surface area contributed by atoms with Gasteiger partial charge >= 0.3 is 6.09 Å². The number of alkyl halides is 1. The first-order valence-electron chi connectivity index (χ1n) is 10.4. The molecule has 1 unspecified atom stereocenters. The monoisotopic (exact) mass is 460 g/mol. The van der Waals surface area contributed by atoms with Gasteiger partial charge in [-0.05, 0) is 19.9 Å². The minimum atomic E-state index is -1.57. The standard InChI is InChI=1S/C20H25FN8O4/c1-10(2)23-20(30)33-14-9-32-18(17(14)21)13-5-15(28-27-13)26-19-25-11(6-22)4-16-24-12(8-31-3)7-29(16)19/h4-5,7,10,14,16-18,24H,8-9H2,1-3H3,(H,23,30)(H2,25,26,27,28)/t14-,16?,17-,18-/m1/s1. The van der Waals surface area contributed by atoms with Crippen LogP contribution >= 0.6 is 0 Å². The topological polar surface area (TPSA) is 149 Å². The van der Waals surface area contributed by atoms with Crippen LogP contribution in [-0.2, 0) is 14.2 Å². The smallest absolute Gasteiger partial charge is 0.407 e. The highest BCUT2D eigenvalue weighted by atomic mass is 19.1. The summed E-state index contributed by atoms with van der Waals surface area (Å²) in [7, 11) is 1.59. The van der Waals surface area contributed by atoms with Crippen molar-refractivity contribution < 1.29 is 23.4 Å². The lowest BCUT2D eigenvalue weighted by molar-refractivity contribution is 0.0615. The maximum Gasteiger partial charge on any atom is 0.407 e. The Hall–Kier alpha value is -3.63. The Kier molecular flexibility index (Phi) is 6.47. The molecule has 4 heterocycles. The lowest BCUT2D eigenvalue weighted by atomic mass is 10.1. The van der Waals surface area contributed by atoms with E-state index in [-0.39, 0.29) is 24.6 Å². The minimum Gasteiger partial charge on any atom is -0.441 e. The number of aromatic nitrogens is 2. The van der Waals surface area contributed by atoms with Gasteiger partial charge in [0.05, 0.1) is 24.6 Å². The van der Waals surface area contributed by atoms with Gasteiger partial charge in [0.2, 0.25) is 5.96 Å². The van der Waals surface area contributed by atoms with Gasteiger partial charge in [0.15, 0.2) is 18.1 Å². The number of carbonyl (C=O) groups excluding carboxylic acids is 1. The highest BCUT2D eigenvalue weighted by Crippen LogP contribution is 2.33. The number of carbonyl (C=O) groups is 1. The predicted octanol–water partition coefficient (Wildman–Crippen LogP) is 1.04. The maximum absolute atomic E-state index is 14.9. The van der Waals surface area contributed by atoms with Crippen molar-refractivity contribution in [3.05, 3.63) is 35.4 Å². The molecule has 33 heavy (non-hydrogen) atoms. The number of guanidine groups is 1. The number of hydrogen-bond acceptors (Lipinski definition) is 8. The summed E-state index contributed by atoms with van der Waals surface area (Å²) in [6, 6.07) is 3.49. The Balaban J connectivity index is 1.47. The van der Waals surface area contributed by atoms with Gasteiger partial charge in [-0.2, -0.15) is 15.4 Å². The number of fused-ring (bicyclic) bond motifs is 1. The van der Waals surface area contributed by atoms with E-state index in [1.165, 1.54) is 0 Å². The van der Waals surface area contributed by atoms with E-state index in [1.54, 1.807) is 38.0 Å². The highest BCUT2D eigenvalue weighted by Gasteiger charge is 2.42. The minimum absolute atomic E-state index is 0.0771. The molecule has 0 aliphatic carbocycles. The zero-order valence-electron chi connectivity index (χ0n) is 18.3. The Morgan fingerprint density at radius 3 is 3.09 bits per heavy atom. The lowest BCUT2D eigenvalue weighted by Gasteiger charge is -2.29. The van der Waals surface area contributed by atoms with Crippen molar-refractivity contribution in [2.24, 2.45) is 4.99 Å². The number of allylic oxidation sites excluding steroid dienone is 1. The molecule has 1 saturated heterocycles. The van der Waals surface area contributed by atoms with Gasteiger partial charge in [0.25, 0.3) is 0 Å². The number of nitrogens with one attached hydrogen (secondary N) is 4. The van der Waals surface area contributed by atoms with Crippen LogP contribution in [0.3, 0.4) is 0 Å². The van der Waals surface area contributed by atoms with Gasteiger partial charge < -0.3 is 30.2 Å². The van der Waals surface area contributed by atoms with E-state index in [9.17, 15) is 14.4 Å². The fourth-order valence-corrected chi connectivity index (χ4v) is 3.61. The summed E-state index contributed by atoms with van der Waals surface area (Å²) >= 11 is 0. The average Bonchev–Trinajstić information content (AvgIpc) is 3.47. The first-order valence-corrected chi connectivity index (χ1v) is 10.4. The van der Waals surface area contributed by atoms with Crippen LogP contribution in [-0.4, -0.2) is 72.0 Å². The molecular formula is C20H25FN8O4. The summed E-state index contributed by atoms with van der Waals surface area (Å²) in [4.78, 5) is 18.0. The number of methoxy groups -OCH3 is 1. The molecule has 4 rings (SSSR count). The predicted molar refractivity (Wildman–Crippen MR) is 113 cm³/mol. The van der Waals surface area contributed by atoms with Crippen LogP contribution in [0.1, 0.15) is 25.6 Å². The van der Waals surface area contributed by atoms with E-state index in [4.69, 9.17) is 14.2 Å². The fraction of sp³-hybridized carbons (Fsp3) is 0.500. The largest absolute Gasteiger partial charge is 0.441 e. The molecule has 1 amide bonds. The van der Waals surface area contributed by atoms with E-state index in [1.807, 2.05) is 6.20 Å². The van der Waals surface area contributed by atoms with Crippen LogP contribution in [0.25, 0.3) is 0 Å². The Morgan fingerprint density at radius 1 is 1.55 bits per heavy atom. The summed E-state index contributed by atoms with van der Waals surface area (Å²) in [6.07, 6.45) is -1.03. The van der Waals surface area contributed by atoms with Gasteiger partial charge in [-0.25, -0.2) is 9.18 Å². The molecule has 4 N–H and O–H groups in total. The van der Waals surface area contributed by atoms with Crippen molar-refractivity contribution >= 4 is 17.9 Å². The zero-order chi connectivity index (χ0) is 23.5. The molecule has 1 fully saturated rings. The van der Waals surface area contributed by atoms with Crippen molar-refractivity contribution in [3.63, 3.8) is 0 Å². The van der Waals surface area contributed by atoms with Crippen molar-refractivity contribution in [1.29, 1.82) is 5.26 Å². The number of nitriles is 1. The number of hydrogen-bond donors (Lipinski definition) is 4.